The number of ether oxygens (including phenoxy) is 3. The Labute approximate surface area is 163 Å². The smallest absolute Gasteiger partial charge is 0.161 e. The molecular weight excluding hydrogens is 358 g/mol. The molecule has 0 amide bonds. The minimum Gasteiger partial charge on any atom is -0.493 e. The van der Waals surface area contributed by atoms with E-state index in [4.69, 9.17) is 14.2 Å². The van der Waals surface area contributed by atoms with Crippen molar-refractivity contribution in [2.24, 2.45) is 0 Å². The van der Waals surface area contributed by atoms with Gasteiger partial charge in [0.2, 0.25) is 0 Å². The average Bonchev–Trinajstić information content (AvgIpc) is 3.20. The van der Waals surface area contributed by atoms with Crippen molar-refractivity contribution in [3.05, 3.63) is 72.1 Å². The van der Waals surface area contributed by atoms with Gasteiger partial charge in [-0.15, -0.1) is 5.10 Å². The summed E-state index contributed by atoms with van der Waals surface area (Å²) in [5, 5.41) is 8.18. The lowest BCUT2D eigenvalue weighted by Crippen LogP contribution is -2.08. The van der Waals surface area contributed by atoms with Crippen LogP contribution in [0.15, 0.2) is 55.2 Å². The lowest BCUT2D eigenvalue weighted by Gasteiger charge is -2.10. The van der Waals surface area contributed by atoms with E-state index >= 15 is 0 Å². The molecule has 1 aromatic heterocycles. The fourth-order valence-electron chi connectivity index (χ4n) is 2.50. The van der Waals surface area contributed by atoms with Crippen LogP contribution in [0.5, 0.6) is 17.2 Å². The van der Waals surface area contributed by atoms with Crippen LogP contribution in [-0.4, -0.2) is 35.0 Å². The van der Waals surface area contributed by atoms with Crippen molar-refractivity contribution in [1.82, 2.24) is 15.0 Å². The predicted molar refractivity (Wildman–Crippen MR) is 105 cm³/mol. The lowest BCUT2D eigenvalue weighted by molar-refractivity contribution is 0.112. The molecule has 0 saturated carbocycles. The number of aromatic nitrogens is 3. The molecule has 144 valence electrons. The van der Waals surface area contributed by atoms with Crippen LogP contribution < -0.4 is 14.2 Å². The zero-order chi connectivity index (χ0) is 19.8. The summed E-state index contributed by atoms with van der Waals surface area (Å²) in [6.07, 6.45) is 4.35. The average molecular weight is 379 g/mol. The van der Waals surface area contributed by atoms with E-state index in [2.05, 4.69) is 16.9 Å². The van der Waals surface area contributed by atoms with Gasteiger partial charge in [-0.05, 0) is 42.0 Å². The van der Waals surface area contributed by atoms with Gasteiger partial charge in [0.05, 0.1) is 19.9 Å². The summed E-state index contributed by atoms with van der Waals surface area (Å²) in [6.45, 7) is 4.99. The number of rotatable bonds is 10. The molecule has 1 heterocycles. The molecule has 0 saturated heterocycles. The molecule has 3 aromatic rings. The molecule has 3 rings (SSSR count). The highest BCUT2D eigenvalue weighted by molar-refractivity contribution is 5.74. The molecule has 0 aliphatic rings. The fraction of sp³-hybridized carbons (Fsp3) is 0.190. The summed E-state index contributed by atoms with van der Waals surface area (Å²) < 4.78 is 18.5. The number of nitrogens with zero attached hydrogens (tertiary/aromatic N) is 3. The Morgan fingerprint density at radius 2 is 1.86 bits per heavy atom. The quantitative estimate of drug-likeness (QED) is 0.503. The van der Waals surface area contributed by atoms with Crippen LogP contribution in [0.1, 0.15) is 21.6 Å². The molecule has 28 heavy (non-hydrogen) atoms. The Bertz CT molecular complexity index is 935. The first-order valence-corrected chi connectivity index (χ1v) is 8.72. The SMILES string of the molecule is C=Cc1ccc(OCc2cn(CCOc3ccc(C=O)cc3)nn2)c(OC)c1. The van der Waals surface area contributed by atoms with Crippen molar-refractivity contribution in [3.8, 4) is 17.2 Å². The second kappa shape index (κ2) is 9.36. The molecule has 0 aliphatic carbocycles. The normalized spacial score (nSPS) is 10.3. The van der Waals surface area contributed by atoms with Crippen molar-refractivity contribution in [2.45, 2.75) is 13.2 Å². The number of methoxy groups -OCH3 is 1. The topological polar surface area (TPSA) is 75.5 Å². The van der Waals surface area contributed by atoms with E-state index in [0.717, 1.165) is 11.8 Å². The van der Waals surface area contributed by atoms with Crippen LogP contribution in [0.25, 0.3) is 6.08 Å². The van der Waals surface area contributed by atoms with Gasteiger partial charge in [-0.2, -0.15) is 0 Å². The highest BCUT2D eigenvalue weighted by Gasteiger charge is 2.07. The zero-order valence-corrected chi connectivity index (χ0v) is 15.6. The second-order valence-electron chi connectivity index (χ2n) is 5.91. The Hall–Kier alpha value is -3.61. The minimum atomic E-state index is 0.276. The first-order chi connectivity index (χ1) is 13.7. The molecule has 0 unspecified atom stereocenters. The van der Waals surface area contributed by atoms with Crippen molar-refractivity contribution in [3.63, 3.8) is 0 Å². The molecule has 0 fully saturated rings. The van der Waals surface area contributed by atoms with E-state index in [1.807, 2.05) is 24.4 Å². The first-order valence-electron chi connectivity index (χ1n) is 8.72. The lowest BCUT2D eigenvalue weighted by atomic mass is 10.2. The third-order valence-electron chi connectivity index (χ3n) is 3.99. The summed E-state index contributed by atoms with van der Waals surface area (Å²) >= 11 is 0. The Balaban J connectivity index is 1.50. The van der Waals surface area contributed by atoms with Crippen LogP contribution in [-0.2, 0) is 13.2 Å². The maximum absolute atomic E-state index is 10.6. The zero-order valence-electron chi connectivity index (χ0n) is 15.6. The van der Waals surface area contributed by atoms with Crippen LogP contribution in [0.4, 0.5) is 0 Å². The Morgan fingerprint density at radius 1 is 1.07 bits per heavy atom. The fourth-order valence-corrected chi connectivity index (χ4v) is 2.50. The van der Waals surface area contributed by atoms with Crippen LogP contribution in [0, 0.1) is 0 Å². The molecule has 0 atom stereocenters. The maximum Gasteiger partial charge on any atom is 0.161 e. The van der Waals surface area contributed by atoms with Gasteiger partial charge in [0.15, 0.2) is 11.5 Å². The highest BCUT2D eigenvalue weighted by atomic mass is 16.5. The van der Waals surface area contributed by atoms with E-state index in [1.165, 1.54) is 0 Å². The van der Waals surface area contributed by atoms with Gasteiger partial charge < -0.3 is 14.2 Å². The van der Waals surface area contributed by atoms with Crippen molar-refractivity contribution in [1.29, 1.82) is 0 Å². The van der Waals surface area contributed by atoms with Gasteiger partial charge in [0, 0.05) is 5.56 Å². The Morgan fingerprint density at radius 3 is 2.57 bits per heavy atom. The number of hydrogen-bond donors (Lipinski definition) is 0. The molecule has 0 N–H and O–H groups in total. The molecule has 0 radical (unpaired) electrons. The molecule has 0 spiro atoms. The van der Waals surface area contributed by atoms with E-state index in [9.17, 15) is 4.79 Å². The minimum absolute atomic E-state index is 0.276. The van der Waals surface area contributed by atoms with E-state index in [0.29, 0.717) is 41.7 Å². The molecule has 2 aromatic carbocycles. The molecule has 7 nitrogen and oxygen atoms in total. The number of aldehydes is 1. The van der Waals surface area contributed by atoms with Gasteiger partial charge in [0.1, 0.15) is 30.9 Å². The third-order valence-corrected chi connectivity index (χ3v) is 3.99. The van der Waals surface area contributed by atoms with E-state index in [1.54, 1.807) is 42.1 Å². The molecule has 7 heteroatoms. The highest BCUT2D eigenvalue weighted by Crippen LogP contribution is 2.29. The monoisotopic (exact) mass is 379 g/mol. The summed E-state index contributed by atoms with van der Waals surface area (Å²) in [4.78, 5) is 10.6. The van der Waals surface area contributed by atoms with Crippen LogP contribution in [0.2, 0.25) is 0 Å². The van der Waals surface area contributed by atoms with E-state index < -0.39 is 0 Å². The summed E-state index contributed by atoms with van der Waals surface area (Å²) in [7, 11) is 1.60. The van der Waals surface area contributed by atoms with Gasteiger partial charge in [-0.1, -0.05) is 23.9 Å². The predicted octanol–water partition coefficient (Wildman–Crippen LogP) is 3.40. The van der Waals surface area contributed by atoms with Gasteiger partial charge in [-0.25, -0.2) is 4.68 Å². The standard InChI is InChI=1S/C21H21N3O4/c1-3-16-6-9-20(21(12-16)26-2)28-15-18-13-24(23-22-18)10-11-27-19-7-4-17(14-25)5-8-19/h3-9,12-14H,1,10-11,15H2,2H3. The summed E-state index contributed by atoms with van der Waals surface area (Å²) in [5.41, 5.74) is 2.27. The van der Waals surface area contributed by atoms with E-state index in [-0.39, 0.29) is 6.61 Å². The third kappa shape index (κ3) is 4.97. The Kier molecular flexibility index (Phi) is 6.41. The van der Waals surface area contributed by atoms with Crippen LogP contribution >= 0.6 is 0 Å². The number of carbonyl (C=O) groups excluding carboxylic acids is 1. The number of benzene rings is 2. The number of carbonyl (C=O) groups is 1. The van der Waals surface area contributed by atoms with Gasteiger partial charge in [-0.3, -0.25) is 4.79 Å². The van der Waals surface area contributed by atoms with Crippen molar-refractivity contribution < 1.29 is 19.0 Å². The van der Waals surface area contributed by atoms with Gasteiger partial charge >= 0.3 is 0 Å². The molecule has 0 bridgehead atoms. The molecule has 0 aliphatic heterocycles. The summed E-state index contributed by atoms with van der Waals surface area (Å²) in [5.74, 6) is 1.97. The summed E-state index contributed by atoms with van der Waals surface area (Å²) in [6, 6.07) is 12.5. The number of hydrogen-bond acceptors (Lipinski definition) is 6. The first kappa shape index (κ1) is 19.2. The largest absolute Gasteiger partial charge is 0.493 e. The van der Waals surface area contributed by atoms with Crippen LogP contribution in [0.3, 0.4) is 0 Å². The maximum atomic E-state index is 10.6. The second-order valence-corrected chi connectivity index (χ2v) is 5.91. The van der Waals surface area contributed by atoms with Crippen molar-refractivity contribution >= 4 is 12.4 Å². The molecular formula is C21H21N3O4. The van der Waals surface area contributed by atoms with Crippen molar-refractivity contribution in [2.75, 3.05) is 13.7 Å². The van der Waals surface area contributed by atoms with Gasteiger partial charge in [0.25, 0.3) is 0 Å².